The maximum atomic E-state index is 13.0. The number of nitrogens with zero attached hydrogens (tertiary/aromatic N) is 1. The van der Waals surface area contributed by atoms with Gasteiger partial charge in [0.05, 0.1) is 45.8 Å². The second kappa shape index (κ2) is 11.8. The molecule has 0 radical (unpaired) electrons. The number of aromatic nitrogens is 2. The molecule has 2 unspecified atom stereocenters. The van der Waals surface area contributed by atoms with Crippen molar-refractivity contribution >= 4 is 39.4 Å². The lowest BCUT2D eigenvalue weighted by Gasteiger charge is -2.15. The normalized spacial score (nSPS) is 14.9. The lowest BCUT2D eigenvalue weighted by molar-refractivity contribution is -0.143. The molecule has 1 fully saturated rings. The smallest absolute Gasteiger partial charge is 0.387 e. The van der Waals surface area contributed by atoms with Crippen molar-refractivity contribution in [2.24, 2.45) is 5.92 Å². The van der Waals surface area contributed by atoms with Crippen LogP contribution in [0, 0.1) is 5.92 Å². The number of alkyl halides is 2. The summed E-state index contributed by atoms with van der Waals surface area (Å²) in [5.41, 5.74) is 2.89. The van der Waals surface area contributed by atoms with E-state index in [0.29, 0.717) is 44.7 Å². The first kappa shape index (κ1) is 27.3. The molecule has 6 nitrogen and oxygen atoms in total. The molecule has 0 spiro atoms. The first-order valence-corrected chi connectivity index (χ1v) is 14.4. The lowest BCUT2D eigenvalue weighted by atomic mass is 9.95. The first-order valence-electron chi connectivity index (χ1n) is 12.7. The number of esters is 1. The Bertz CT molecular complexity index is 1510. The van der Waals surface area contributed by atoms with Crippen molar-refractivity contribution < 1.29 is 27.3 Å². The zero-order valence-electron chi connectivity index (χ0n) is 21.2. The second-order valence-corrected chi connectivity index (χ2v) is 11.3. The summed E-state index contributed by atoms with van der Waals surface area (Å²) in [5, 5.41) is 0.326. The molecule has 2 atom stereocenters. The number of ether oxygens (including phenoxy) is 2. The predicted molar refractivity (Wildman–Crippen MR) is 147 cm³/mol. The van der Waals surface area contributed by atoms with Crippen molar-refractivity contribution in [3.8, 4) is 16.9 Å². The van der Waals surface area contributed by atoms with E-state index in [1.54, 1.807) is 37.3 Å². The van der Waals surface area contributed by atoms with Gasteiger partial charge in [-0.2, -0.15) is 8.78 Å². The van der Waals surface area contributed by atoms with E-state index in [4.69, 9.17) is 26.1 Å². The Balaban J connectivity index is 1.50. The number of aromatic amines is 1. The van der Waals surface area contributed by atoms with Gasteiger partial charge in [0.2, 0.25) is 0 Å². The number of rotatable bonds is 11. The maximum Gasteiger partial charge on any atom is 0.387 e. The molecule has 3 aromatic carbocycles. The number of imidazole rings is 1. The summed E-state index contributed by atoms with van der Waals surface area (Å²) in [4.78, 5) is 21.3. The van der Waals surface area contributed by atoms with E-state index in [0.717, 1.165) is 23.3 Å². The van der Waals surface area contributed by atoms with Gasteiger partial charge in [0.15, 0.2) is 0 Å². The summed E-state index contributed by atoms with van der Waals surface area (Å²) < 4.78 is 48.5. The topological polar surface area (TPSA) is 81.3 Å². The minimum Gasteiger partial charge on any atom is -0.466 e. The van der Waals surface area contributed by atoms with Crippen molar-refractivity contribution in [2.75, 3.05) is 12.4 Å². The molecule has 1 heterocycles. The van der Waals surface area contributed by atoms with Crippen LogP contribution in [0.25, 0.3) is 22.2 Å². The molecule has 1 N–H and O–H groups in total. The fourth-order valence-corrected chi connectivity index (χ4v) is 6.17. The van der Waals surface area contributed by atoms with Gasteiger partial charge >= 0.3 is 12.6 Å². The van der Waals surface area contributed by atoms with E-state index in [1.165, 1.54) is 6.07 Å². The van der Waals surface area contributed by atoms with E-state index >= 15 is 0 Å². The van der Waals surface area contributed by atoms with Crippen LogP contribution in [0.4, 0.5) is 8.78 Å². The quantitative estimate of drug-likeness (QED) is 0.194. The van der Waals surface area contributed by atoms with Crippen LogP contribution in [0.3, 0.4) is 0 Å². The molecule has 1 aliphatic rings. The van der Waals surface area contributed by atoms with Crippen molar-refractivity contribution in [1.29, 1.82) is 0 Å². The lowest BCUT2D eigenvalue weighted by Crippen LogP contribution is -2.13. The summed E-state index contributed by atoms with van der Waals surface area (Å²) in [6, 6.07) is 17.2. The van der Waals surface area contributed by atoms with Crippen LogP contribution in [-0.2, 0) is 20.3 Å². The number of carbonyl (C=O) groups excluding carboxylic acids is 1. The van der Waals surface area contributed by atoms with Crippen molar-refractivity contribution in [3.05, 3.63) is 77.1 Å². The van der Waals surface area contributed by atoms with Crippen LogP contribution in [0.15, 0.2) is 65.6 Å². The molecule has 0 bridgehead atoms. The number of hydrogen-bond donors (Lipinski definition) is 1. The zero-order chi connectivity index (χ0) is 27.5. The van der Waals surface area contributed by atoms with Gasteiger partial charge in [-0.1, -0.05) is 41.9 Å². The third kappa shape index (κ3) is 6.47. The molecule has 4 aromatic rings. The average molecular weight is 573 g/mol. The van der Waals surface area contributed by atoms with Gasteiger partial charge in [0, 0.05) is 21.8 Å². The van der Waals surface area contributed by atoms with Gasteiger partial charge in [-0.25, -0.2) is 4.98 Å². The van der Waals surface area contributed by atoms with E-state index in [2.05, 4.69) is 4.98 Å². The third-order valence-electron chi connectivity index (χ3n) is 6.62. The number of para-hydroxylation sites is 1. The monoisotopic (exact) mass is 572 g/mol. The highest BCUT2D eigenvalue weighted by Crippen LogP contribution is 2.38. The molecule has 1 saturated carbocycles. The first-order chi connectivity index (χ1) is 18.8. The number of nitrogens with one attached hydrogen (secondary N) is 1. The van der Waals surface area contributed by atoms with Crippen molar-refractivity contribution in [2.45, 2.75) is 43.6 Å². The minimum absolute atomic E-state index is 0.00357. The van der Waals surface area contributed by atoms with E-state index in [-0.39, 0.29) is 24.7 Å². The highest BCUT2D eigenvalue weighted by molar-refractivity contribution is 7.85. The Kier molecular flexibility index (Phi) is 8.28. The van der Waals surface area contributed by atoms with Crippen LogP contribution in [0.2, 0.25) is 5.02 Å². The van der Waals surface area contributed by atoms with Gasteiger partial charge < -0.3 is 14.5 Å². The highest BCUT2D eigenvalue weighted by atomic mass is 35.5. The Morgan fingerprint density at radius 2 is 1.87 bits per heavy atom. The molecule has 0 aliphatic heterocycles. The van der Waals surface area contributed by atoms with Gasteiger partial charge in [0.25, 0.3) is 0 Å². The molecule has 1 aromatic heterocycles. The van der Waals surface area contributed by atoms with Crippen LogP contribution in [-0.4, -0.2) is 39.1 Å². The summed E-state index contributed by atoms with van der Waals surface area (Å²) in [5.74, 6) is 0.909. The molecular weight excluding hydrogens is 546 g/mol. The Hall–Kier alpha value is -3.30. The fraction of sp³-hybridized carbons (Fsp3) is 0.310. The SMILES string of the molecule is CCOC(=O)CC(c1ccc(S(=O)CC2CC2)cc1)c1nc2cc(-c3ccccc3OC(F)F)c(Cl)cc2[nH]1. The van der Waals surface area contributed by atoms with Crippen LogP contribution in [0.5, 0.6) is 5.75 Å². The van der Waals surface area contributed by atoms with Crippen LogP contribution < -0.4 is 4.74 Å². The van der Waals surface area contributed by atoms with Gasteiger partial charge in [-0.3, -0.25) is 9.00 Å². The molecule has 0 saturated heterocycles. The van der Waals surface area contributed by atoms with Crippen molar-refractivity contribution in [1.82, 2.24) is 9.97 Å². The Morgan fingerprint density at radius 1 is 1.13 bits per heavy atom. The second-order valence-electron chi connectivity index (χ2n) is 9.43. The van der Waals surface area contributed by atoms with E-state index < -0.39 is 23.3 Å². The van der Waals surface area contributed by atoms with Gasteiger partial charge in [-0.05, 0) is 61.6 Å². The fourth-order valence-electron chi connectivity index (χ4n) is 4.52. The van der Waals surface area contributed by atoms with Gasteiger partial charge in [0.1, 0.15) is 11.6 Å². The standard InChI is InChI=1S/C29H27ClF2N2O4S/c1-2-37-27(35)14-21(18-9-11-19(12-10-18)39(36)16-17-7-8-17)28-33-24-13-22(23(30)15-25(24)34-28)20-5-3-4-6-26(20)38-29(31)32/h3-6,9-13,15,17,21,29H,2,7-8,14,16H2,1H3,(H,33,34). The zero-order valence-corrected chi connectivity index (χ0v) is 22.7. The summed E-state index contributed by atoms with van der Waals surface area (Å²) >= 11 is 6.57. The largest absolute Gasteiger partial charge is 0.466 e. The molecule has 39 heavy (non-hydrogen) atoms. The Labute approximate surface area is 232 Å². The van der Waals surface area contributed by atoms with Gasteiger partial charge in [-0.15, -0.1) is 0 Å². The highest BCUT2D eigenvalue weighted by Gasteiger charge is 2.26. The maximum absolute atomic E-state index is 13.0. The number of carbonyl (C=O) groups is 1. The number of H-pyrrole nitrogens is 1. The van der Waals surface area contributed by atoms with Crippen molar-refractivity contribution in [3.63, 3.8) is 0 Å². The Morgan fingerprint density at radius 3 is 2.56 bits per heavy atom. The molecule has 1 aliphatic carbocycles. The third-order valence-corrected chi connectivity index (χ3v) is 8.50. The summed E-state index contributed by atoms with van der Waals surface area (Å²) in [6.07, 6.45) is 2.31. The minimum atomic E-state index is -2.98. The number of fused-ring (bicyclic) bond motifs is 1. The van der Waals surface area contributed by atoms with Crippen LogP contribution >= 0.6 is 11.6 Å². The molecule has 204 valence electrons. The molecule has 5 rings (SSSR count). The van der Waals surface area contributed by atoms with Crippen LogP contribution in [0.1, 0.15) is 43.5 Å². The number of hydrogen-bond acceptors (Lipinski definition) is 5. The summed E-state index contributed by atoms with van der Waals surface area (Å²) in [7, 11) is -1.06. The molecular formula is C29H27ClF2N2O4S. The molecule has 0 amide bonds. The molecule has 10 heteroatoms. The average Bonchev–Trinajstić information content (AvgIpc) is 3.63. The summed E-state index contributed by atoms with van der Waals surface area (Å²) in [6.45, 7) is -0.979. The predicted octanol–water partition coefficient (Wildman–Crippen LogP) is 7.09. The van der Waals surface area contributed by atoms with E-state index in [9.17, 15) is 17.8 Å². The number of halogens is 3. The van der Waals surface area contributed by atoms with E-state index in [1.807, 2.05) is 24.3 Å². The number of benzene rings is 3.